The lowest BCUT2D eigenvalue weighted by Gasteiger charge is -2.18. The van der Waals surface area contributed by atoms with Gasteiger partial charge in [0.15, 0.2) is 0 Å². The highest BCUT2D eigenvalue weighted by atomic mass is 79.9. The van der Waals surface area contributed by atoms with Gasteiger partial charge in [-0.1, -0.05) is 39.7 Å². The van der Waals surface area contributed by atoms with Crippen molar-refractivity contribution in [3.63, 3.8) is 0 Å². The summed E-state index contributed by atoms with van der Waals surface area (Å²) < 4.78 is 5.82. The number of esters is 1. The second-order valence-corrected chi connectivity index (χ2v) is 5.95. The second-order valence-electron chi connectivity index (χ2n) is 4.60. The van der Waals surface area contributed by atoms with Crippen molar-refractivity contribution in [1.82, 2.24) is 0 Å². The van der Waals surface area contributed by atoms with Crippen LogP contribution in [0, 0.1) is 0 Å². The summed E-state index contributed by atoms with van der Waals surface area (Å²) in [4.78, 5) is 11.8. The zero-order valence-corrected chi connectivity index (χ0v) is 14.0. The van der Waals surface area contributed by atoms with Crippen LogP contribution in [-0.4, -0.2) is 13.1 Å². The standard InChI is InChI=1S/C16H15BrClNO2/c1-10(11-3-5-12(17)6-4-11)19-15-8-7-13(18)9-14(15)16(20)21-2/h3-10,19H,1-2H3. The van der Waals surface area contributed by atoms with E-state index < -0.39 is 5.97 Å². The fraction of sp³-hybridized carbons (Fsp3) is 0.188. The van der Waals surface area contributed by atoms with Gasteiger partial charge in [-0.15, -0.1) is 0 Å². The lowest BCUT2D eigenvalue weighted by Crippen LogP contribution is -2.11. The van der Waals surface area contributed by atoms with Gasteiger partial charge in [-0.05, 0) is 42.8 Å². The van der Waals surface area contributed by atoms with Crippen LogP contribution >= 0.6 is 27.5 Å². The lowest BCUT2D eigenvalue weighted by atomic mass is 10.1. The maximum atomic E-state index is 11.8. The van der Waals surface area contributed by atoms with Gasteiger partial charge >= 0.3 is 5.97 Å². The van der Waals surface area contributed by atoms with E-state index in [-0.39, 0.29) is 6.04 Å². The largest absolute Gasteiger partial charge is 0.465 e. The molecule has 1 atom stereocenters. The summed E-state index contributed by atoms with van der Waals surface area (Å²) in [7, 11) is 1.35. The Labute approximate surface area is 137 Å². The Morgan fingerprint density at radius 1 is 1.24 bits per heavy atom. The van der Waals surface area contributed by atoms with Crippen molar-refractivity contribution in [2.75, 3.05) is 12.4 Å². The molecule has 0 radical (unpaired) electrons. The van der Waals surface area contributed by atoms with Gasteiger partial charge in [0.25, 0.3) is 0 Å². The third kappa shape index (κ3) is 3.99. The molecule has 0 aromatic heterocycles. The molecule has 21 heavy (non-hydrogen) atoms. The van der Waals surface area contributed by atoms with Crippen molar-refractivity contribution in [1.29, 1.82) is 0 Å². The van der Waals surface area contributed by atoms with E-state index in [9.17, 15) is 4.79 Å². The van der Waals surface area contributed by atoms with Gasteiger partial charge in [0.05, 0.1) is 12.7 Å². The number of rotatable bonds is 4. The number of methoxy groups -OCH3 is 1. The van der Waals surface area contributed by atoms with Crippen LogP contribution < -0.4 is 5.32 Å². The Kier molecular flexibility index (Phi) is 5.26. The van der Waals surface area contributed by atoms with Crippen molar-refractivity contribution in [3.05, 3.63) is 63.1 Å². The van der Waals surface area contributed by atoms with Crippen molar-refractivity contribution in [3.8, 4) is 0 Å². The lowest BCUT2D eigenvalue weighted by molar-refractivity contribution is 0.0602. The molecule has 2 aromatic rings. The van der Waals surface area contributed by atoms with Crippen molar-refractivity contribution >= 4 is 39.2 Å². The summed E-state index contributed by atoms with van der Waals surface area (Å²) in [5.74, 6) is -0.414. The van der Waals surface area contributed by atoms with Crippen LogP contribution in [0.3, 0.4) is 0 Å². The van der Waals surface area contributed by atoms with Gasteiger partial charge < -0.3 is 10.1 Å². The van der Waals surface area contributed by atoms with Crippen LogP contribution in [0.2, 0.25) is 5.02 Å². The van der Waals surface area contributed by atoms with Crippen molar-refractivity contribution in [2.24, 2.45) is 0 Å². The topological polar surface area (TPSA) is 38.3 Å². The summed E-state index contributed by atoms with van der Waals surface area (Å²) in [5, 5.41) is 3.81. The zero-order valence-electron chi connectivity index (χ0n) is 11.7. The Balaban J connectivity index is 2.26. The van der Waals surface area contributed by atoms with E-state index in [1.54, 1.807) is 18.2 Å². The molecule has 2 rings (SSSR count). The molecular weight excluding hydrogens is 354 g/mol. The first kappa shape index (κ1) is 15.9. The molecule has 0 saturated heterocycles. The molecule has 2 aromatic carbocycles. The number of nitrogens with one attached hydrogen (secondary N) is 1. The summed E-state index contributed by atoms with van der Waals surface area (Å²) >= 11 is 9.36. The molecule has 5 heteroatoms. The smallest absolute Gasteiger partial charge is 0.340 e. The first-order valence-electron chi connectivity index (χ1n) is 6.41. The quantitative estimate of drug-likeness (QED) is 0.766. The summed E-state index contributed by atoms with van der Waals surface area (Å²) in [6.07, 6.45) is 0. The van der Waals surface area contributed by atoms with E-state index in [1.807, 2.05) is 31.2 Å². The van der Waals surface area contributed by atoms with E-state index >= 15 is 0 Å². The number of halogens is 2. The molecule has 0 heterocycles. The molecule has 110 valence electrons. The van der Waals surface area contributed by atoms with E-state index in [2.05, 4.69) is 21.2 Å². The van der Waals surface area contributed by atoms with Crippen LogP contribution in [-0.2, 0) is 4.74 Å². The average Bonchev–Trinajstić information content (AvgIpc) is 2.48. The van der Waals surface area contributed by atoms with Crippen LogP contribution in [0.15, 0.2) is 46.9 Å². The third-order valence-electron chi connectivity index (χ3n) is 3.13. The summed E-state index contributed by atoms with van der Waals surface area (Å²) in [6.45, 7) is 2.03. The van der Waals surface area contributed by atoms with E-state index in [4.69, 9.17) is 16.3 Å². The number of hydrogen-bond donors (Lipinski definition) is 1. The maximum Gasteiger partial charge on any atom is 0.340 e. The molecule has 1 N–H and O–H groups in total. The highest BCUT2D eigenvalue weighted by Crippen LogP contribution is 2.26. The number of anilines is 1. The summed E-state index contributed by atoms with van der Waals surface area (Å²) in [5.41, 5.74) is 2.24. The molecule has 0 saturated carbocycles. The predicted octanol–water partition coefficient (Wildman–Crippen LogP) is 5.06. The Morgan fingerprint density at radius 3 is 2.52 bits per heavy atom. The van der Waals surface area contributed by atoms with Gasteiger partial charge in [0.2, 0.25) is 0 Å². The van der Waals surface area contributed by atoms with E-state index in [0.717, 1.165) is 10.0 Å². The highest BCUT2D eigenvalue weighted by molar-refractivity contribution is 9.10. The zero-order chi connectivity index (χ0) is 15.4. The van der Waals surface area contributed by atoms with Gasteiger partial charge in [-0.25, -0.2) is 4.79 Å². The molecule has 0 fully saturated rings. The minimum Gasteiger partial charge on any atom is -0.465 e. The minimum absolute atomic E-state index is 0.0441. The van der Waals surface area contributed by atoms with E-state index in [0.29, 0.717) is 16.3 Å². The van der Waals surface area contributed by atoms with Gasteiger partial charge in [0.1, 0.15) is 0 Å². The third-order valence-corrected chi connectivity index (χ3v) is 3.89. The first-order valence-corrected chi connectivity index (χ1v) is 7.58. The van der Waals surface area contributed by atoms with Crippen LogP contribution in [0.5, 0.6) is 0 Å². The summed E-state index contributed by atoms with van der Waals surface area (Å²) in [6, 6.07) is 13.2. The monoisotopic (exact) mass is 367 g/mol. The van der Waals surface area contributed by atoms with Gasteiger partial charge in [0, 0.05) is 21.2 Å². The second kappa shape index (κ2) is 6.96. The molecule has 0 bridgehead atoms. The number of carbonyl (C=O) groups is 1. The van der Waals surface area contributed by atoms with Gasteiger partial charge in [-0.3, -0.25) is 0 Å². The molecular formula is C16H15BrClNO2. The molecule has 0 spiro atoms. The molecule has 0 aliphatic rings. The van der Waals surface area contributed by atoms with Gasteiger partial charge in [-0.2, -0.15) is 0 Å². The molecule has 0 aliphatic carbocycles. The Bertz CT molecular complexity index is 643. The van der Waals surface area contributed by atoms with Crippen LogP contribution in [0.1, 0.15) is 28.9 Å². The first-order chi connectivity index (χ1) is 10.0. The normalized spacial score (nSPS) is 11.8. The fourth-order valence-electron chi connectivity index (χ4n) is 1.99. The van der Waals surface area contributed by atoms with E-state index in [1.165, 1.54) is 7.11 Å². The number of hydrogen-bond acceptors (Lipinski definition) is 3. The van der Waals surface area contributed by atoms with Crippen molar-refractivity contribution in [2.45, 2.75) is 13.0 Å². The number of benzene rings is 2. The predicted molar refractivity (Wildman–Crippen MR) is 89.0 cm³/mol. The Morgan fingerprint density at radius 2 is 1.90 bits per heavy atom. The molecule has 3 nitrogen and oxygen atoms in total. The molecule has 0 aliphatic heterocycles. The van der Waals surface area contributed by atoms with Crippen LogP contribution in [0.25, 0.3) is 0 Å². The van der Waals surface area contributed by atoms with Crippen LogP contribution in [0.4, 0.5) is 5.69 Å². The maximum absolute atomic E-state index is 11.8. The fourth-order valence-corrected chi connectivity index (χ4v) is 2.43. The average molecular weight is 369 g/mol. The highest BCUT2D eigenvalue weighted by Gasteiger charge is 2.15. The minimum atomic E-state index is -0.414. The molecule has 0 amide bonds. The SMILES string of the molecule is COC(=O)c1cc(Cl)ccc1NC(C)c1ccc(Br)cc1. The van der Waals surface area contributed by atoms with Crippen molar-refractivity contribution < 1.29 is 9.53 Å². The Hall–Kier alpha value is -1.52. The molecule has 1 unspecified atom stereocenters. The number of ether oxygens (including phenoxy) is 1. The number of carbonyl (C=O) groups excluding carboxylic acids is 1.